The number of aromatic nitrogens is 3. The SMILES string of the molecule is CN(CCCN(C)C1CC(Nc2cccc3c2C(=O)N(C2CCC(=O)NC2=O)C3=O)C1)CC1CCC(n2cc3cc(NC(=O)c4cccc(C(F)(F)F)n4)c(C(C)(C)O)cc3n2)CC1. The van der Waals surface area contributed by atoms with Gasteiger partial charge in [-0.05, 0) is 135 Å². The molecule has 1 saturated heterocycles. The molecule has 18 heteroatoms. The van der Waals surface area contributed by atoms with Crippen molar-refractivity contribution in [3.8, 4) is 0 Å². The molecule has 2 saturated carbocycles. The lowest BCUT2D eigenvalue weighted by Crippen LogP contribution is -2.54. The molecule has 2 aliphatic carbocycles. The van der Waals surface area contributed by atoms with Crippen molar-refractivity contribution in [2.75, 3.05) is 44.4 Å². The van der Waals surface area contributed by atoms with E-state index in [1.54, 1.807) is 44.2 Å². The first-order chi connectivity index (χ1) is 30.3. The van der Waals surface area contributed by atoms with E-state index in [0.717, 1.165) is 87.0 Å². The fourth-order valence-electron chi connectivity index (χ4n) is 9.61. The van der Waals surface area contributed by atoms with Gasteiger partial charge in [0, 0.05) is 53.6 Å². The number of pyridine rings is 1. The van der Waals surface area contributed by atoms with Crippen molar-refractivity contribution in [3.05, 3.63) is 82.8 Å². The third kappa shape index (κ3) is 9.40. The first-order valence-electron chi connectivity index (χ1n) is 21.9. The van der Waals surface area contributed by atoms with Gasteiger partial charge in [-0.3, -0.25) is 38.9 Å². The number of fused-ring (bicyclic) bond motifs is 2. The number of imide groups is 2. The predicted octanol–water partition coefficient (Wildman–Crippen LogP) is 5.96. The number of nitrogens with one attached hydrogen (secondary N) is 3. The van der Waals surface area contributed by atoms with Crippen molar-refractivity contribution in [2.24, 2.45) is 5.92 Å². The van der Waals surface area contributed by atoms with E-state index < -0.39 is 58.7 Å². The molecule has 0 bridgehead atoms. The molecular formula is C46H54F3N9O6. The van der Waals surface area contributed by atoms with Crippen LogP contribution in [0.5, 0.6) is 0 Å². The Bertz CT molecular complexity index is 2470. The number of nitrogens with zero attached hydrogens (tertiary/aromatic N) is 6. The van der Waals surface area contributed by atoms with Crippen LogP contribution in [0.4, 0.5) is 24.5 Å². The normalized spacial score (nSPS) is 22.8. The Balaban J connectivity index is 0.780. The minimum Gasteiger partial charge on any atom is -0.386 e. The molecule has 15 nitrogen and oxygen atoms in total. The van der Waals surface area contributed by atoms with Crippen LogP contribution in [0.25, 0.3) is 10.9 Å². The zero-order valence-corrected chi connectivity index (χ0v) is 36.4. The van der Waals surface area contributed by atoms with Crippen molar-refractivity contribution in [1.29, 1.82) is 0 Å². The summed E-state index contributed by atoms with van der Waals surface area (Å²) in [7, 11) is 4.31. The summed E-state index contributed by atoms with van der Waals surface area (Å²) in [5.74, 6) is -2.34. The van der Waals surface area contributed by atoms with E-state index in [-0.39, 0.29) is 41.7 Å². The number of alkyl halides is 3. The maximum Gasteiger partial charge on any atom is 0.433 e. The number of piperidine rings is 1. The standard InChI is InChI=1S/C46H54F3N9O6/c1-45(2,64)32-23-35-27(20-36(32)52-41(60)34-10-6-11-38(51-34)46(47,48)49)25-57(54-35)29-14-12-26(13-15-29)24-55(3)18-7-19-56(4)30-21-28(22-30)50-33-9-5-8-31-40(33)44(63)58(43(31)62)37-16-17-39(59)53-42(37)61/h5-6,8-11,20,23,25-26,28-30,37,50,64H,7,12-19,21-22,24H2,1-4H3,(H,52,60)(H,53,59,61). The first-order valence-corrected chi connectivity index (χ1v) is 21.9. The first kappa shape index (κ1) is 44.9. The van der Waals surface area contributed by atoms with Gasteiger partial charge >= 0.3 is 6.18 Å². The number of benzene rings is 2. The molecule has 5 amide bonds. The van der Waals surface area contributed by atoms with Gasteiger partial charge in [-0.2, -0.15) is 18.3 Å². The van der Waals surface area contributed by atoms with E-state index in [1.165, 1.54) is 6.07 Å². The lowest BCUT2D eigenvalue weighted by atomic mass is 9.85. The van der Waals surface area contributed by atoms with Crippen LogP contribution in [0.2, 0.25) is 0 Å². The van der Waals surface area contributed by atoms with E-state index in [4.69, 9.17) is 5.10 Å². The highest BCUT2D eigenvalue weighted by atomic mass is 19.4. The number of amides is 5. The number of halogens is 3. The molecule has 1 atom stereocenters. The van der Waals surface area contributed by atoms with Crippen LogP contribution in [0.1, 0.15) is 120 Å². The van der Waals surface area contributed by atoms with Crippen LogP contribution in [-0.2, 0) is 21.4 Å². The van der Waals surface area contributed by atoms with Gasteiger partial charge in [0.15, 0.2) is 0 Å². The third-order valence-electron chi connectivity index (χ3n) is 13.2. The highest BCUT2D eigenvalue weighted by Crippen LogP contribution is 2.38. The summed E-state index contributed by atoms with van der Waals surface area (Å²) in [4.78, 5) is 73.2. The monoisotopic (exact) mass is 885 g/mol. The number of carbonyl (C=O) groups is 5. The van der Waals surface area contributed by atoms with Crippen molar-refractivity contribution >= 4 is 51.8 Å². The van der Waals surface area contributed by atoms with Gasteiger partial charge in [0.25, 0.3) is 17.7 Å². The molecule has 340 valence electrons. The van der Waals surface area contributed by atoms with Crippen LogP contribution in [0, 0.1) is 5.92 Å². The number of hydrogen-bond donors (Lipinski definition) is 4. The van der Waals surface area contributed by atoms with Gasteiger partial charge in [0.1, 0.15) is 17.4 Å². The number of hydrogen-bond acceptors (Lipinski definition) is 11. The molecule has 4 heterocycles. The summed E-state index contributed by atoms with van der Waals surface area (Å²) in [5, 5.41) is 25.0. The average Bonchev–Trinajstić information content (AvgIpc) is 3.75. The summed E-state index contributed by atoms with van der Waals surface area (Å²) < 4.78 is 41.8. The van der Waals surface area contributed by atoms with Gasteiger partial charge in [-0.1, -0.05) is 12.1 Å². The zero-order valence-electron chi connectivity index (χ0n) is 36.4. The average molecular weight is 886 g/mol. The number of anilines is 2. The van der Waals surface area contributed by atoms with Crippen molar-refractivity contribution in [1.82, 2.24) is 34.8 Å². The van der Waals surface area contributed by atoms with Crippen LogP contribution in [0.3, 0.4) is 0 Å². The second kappa shape index (κ2) is 17.7. The fraction of sp³-hybridized carbons (Fsp3) is 0.500. The van der Waals surface area contributed by atoms with Crippen molar-refractivity contribution in [3.63, 3.8) is 0 Å². The second-order valence-electron chi connectivity index (χ2n) is 18.4. The molecule has 0 spiro atoms. The molecule has 2 aromatic carbocycles. The molecule has 4 aromatic rings. The van der Waals surface area contributed by atoms with Crippen LogP contribution in [0.15, 0.2) is 54.7 Å². The molecule has 4 N–H and O–H groups in total. The molecule has 2 aliphatic heterocycles. The Labute approximate surface area is 368 Å². The Morgan fingerprint density at radius 3 is 2.38 bits per heavy atom. The Morgan fingerprint density at radius 1 is 0.938 bits per heavy atom. The van der Waals surface area contributed by atoms with E-state index in [9.17, 15) is 42.3 Å². The van der Waals surface area contributed by atoms with Gasteiger partial charge < -0.3 is 25.5 Å². The maximum absolute atomic E-state index is 13.5. The molecule has 8 rings (SSSR count). The topological polar surface area (TPSA) is 182 Å². The quantitative estimate of drug-likeness (QED) is 0.110. The number of rotatable bonds is 14. The predicted molar refractivity (Wildman–Crippen MR) is 231 cm³/mol. The minimum absolute atomic E-state index is 0.0706. The van der Waals surface area contributed by atoms with Gasteiger partial charge in [-0.15, -0.1) is 0 Å². The molecule has 0 radical (unpaired) electrons. The van der Waals surface area contributed by atoms with Gasteiger partial charge in [0.2, 0.25) is 11.8 Å². The van der Waals surface area contributed by atoms with Crippen molar-refractivity contribution < 1.29 is 42.3 Å². The Morgan fingerprint density at radius 2 is 1.67 bits per heavy atom. The summed E-state index contributed by atoms with van der Waals surface area (Å²) in [6.45, 7) is 6.04. The van der Waals surface area contributed by atoms with Gasteiger partial charge in [0.05, 0.1) is 28.3 Å². The molecule has 3 fully saturated rings. The second-order valence-corrected chi connectivity index (χ2v) is 18.4. The highest BCUT2D eigenvalue weighted by Gasteiger charge is 2.46. The Hall–Kier alpha value is -5.72. The minimum atomic E-state index is -4.70. The number of carbonyl (C=O) groups excluding carboxylic acids is 5. The van der Waals surface area contributed by atoms with Crippen LogP contribution >= 0.6 is 0 Å². The molecule has 64 heavy (non-hydrogen) atoms. The van der Waals surface area contributed by atoms with E-state index >= 15 is 0 Å². The van der Waals surface area contributed by atoms with Crippen LogP contribution in [-0.4, -0.2) is 116 Å². The summed E-state index contributed by atoms with van der Waals surface area (Å²) >= 11 is 0. The van der Waals surface area contributed by atoms with E-state index in [1.807, 2.05) is 10.9 Å². The van der Waals surface area contributed by atoms with E-state index in [2.05, 4.69) is 44.8 Å². The molecule has 2 aromatic heterocycles. The smallest absolute Gasteiger partial charge is 0.386 e. The fourth-order valence-corrected chi connectivity index (χ4v) is 9.61. The summed E-state index contributed by atoms with van der Waals surface area (Å²) in [6.07, 6.45) is 4.19. The largest absolute Gasteiger partial charge is 0.433 e. The Kier molecular flexibility index (Phi) is 12.4. The molecule has 4 aliphatic rings. The maximum atomic E-state index is 13.5. The zero-order chi connectivity index (χ0) is 45.7. The lowest BCUT2D eigenvalue weighted by Gasteiger charge is -2.42. The van der Waals surface area contributed by atoms with E-state index in [0.29, 0.717) is 28.7 Å². The number of aliphatic hydroxyl groups is 1. The third-order valence-corrected chi connectivity index (χ3v) is 13.2. The lowest BCUT2D eigenvalue weighted by molar-refractivity contribution is -0.141. The molecule has 1 unspecified atom stereocenters. The summed E-state index contributed by atoms with van der Waals surface area (Å²) in [6, 6.07) is 11.4. The molecular weight excluding hydrogens is 832 g/mol. The van der Waals surface area contributed by atoms with Crippen LogP contribution < -0.4 is 16.0 Å². The van der Waals surface area contributed by atoms with Gasteiger partial charge in [-0.25, -0.2) is 4.98 Å². The van der Waals surface area contributed by atoms with Crippen molar-refractivity contribution in [2.45, 2.75) is 108 Å². The highest BCUT2D eigenvalue weighted by molar-refractivity contribution is 6.25. The summed E-state index contributed by atoms with van der Waals surface area (Å²) in [5.41, 5.74) is -0.528.